The first-order valence-corrected chi connectivity index (χ1v) is 5.98. The lowest BCUT2D eigenvalue weighted by molar-refractivity contribution is 0.813. The molecule has 0 unspecified atom stereocenters. The standard InChI is InChI=1S/C11H15NS/c1-8(2)11-5-9-3-4-13-7-10(9)6-12-11/h5-6,8H,3-4,7H2,1-2H3. The van der Waals surface area contributed by atoms with Crippen molar-refractivity contribution < 1.29 is 0 Å². The highest BCUT2D eigenvalue weighted by atomic mass is 32.2. The Morgan fingerprint density at radius 2 is 2.23 bits per heavy atom. The van der Waals surface area contributed by atoms with Crippen LogP contribution in [0.3, 0.4) is 0 Å². The topological polar surface area (TPSA) is 12.9 Å². The van der Waals surface area contributed by atoms with E-state index >= 15 is 0 Å². The predicted molar refractivity (Wildman–Crippen MR) is 58.2 cm³/mol. The van der Waals surface area contributed by atoms with Crippen LogP contribution in [0.25, 0.3) is 0 Å². The van der Waals surface area contributed by atoms with Gasteiger partial charge in [0.2, 0.25) is 0 Å². The van der Waals surface area contributed by atoms with Crippen molar-refractivity contribution in [2.45, 2.75) is 31.9 Å². The fraction of sp³-hybridized carbons (Fsp3) is 0.545. The van der Waals surface area contributed by atoms with Gasteiger partial charge >= 0.3 is 0 Å². The van der Waals surface area contributed by atoms with Crippen LogP contribution in [0, 0.1) is 0 Å². The molecule has 0 aliphatic carbocycles. The smallest absolute Gasteiger partial charge is 0.0431 e. The van der Waals surface area contributed by atoms with Crippen LogP contribution >= 0.6 is 11.8 Å². The average molecular weight is 193 g/mol. The zero-order valence-corrected chi connectivity index (χ0v) is 9.03. The van der Waals surface area contributed by atoms with Crippen molar-refractivity contribution >= 4 is 11.8 Å². The largest absolute Gasteiger partial charge is 0.261 e. The molecule has 0 fully saturated rings. The number of hydrogen-bond acceptors (Lipinski definition) is 2. The zero-order valence-electron chi connectivity index (χ0n) is 8.21. The van der Waals surface area contributed by atoms with E-state index in [-0.39, 0.29) is 0 Å². The van der Waals surface area contributed by atoms with Gasteiger partial charge in [-0.1, -0.05) is 13.8 Å². The fourth-order valence-corrected chi connectivity index (χ4v) is 2.57. The summed E-state index contributed by atoms with van der Waals surface area (Å²) in [6, 6.07) is 2.29. The van der Waals surface area contributed by atoms with Gasteiger partial charge in [0.15, 0.2) is 0 Å². The number of pyridine rings is 1. The molecule has 2 rings (SSSR count). The van der Waals surface area contributed by atoms with E-state index in [1.165, 1.54) is 29.0 Å². The summed E-state index contributed by atoms with van der Waals surface area (Å²) in [7, 11) is 0. The number of aryl methyl sites for hydroxylation is 1. The Morgan fingerprint density at radius 1 is 1.38 bits per heavy atom. The number of hydrogen-bond donors (Lipinski definition) is 0. The highest BCUT2D eigenvalue weighted by Crippen LogP contribution is 2.25. The van der Waals surface area contributed by atoms with Crippen molar-refractivity contribution in [2.24, 2.45) is 0 Å². The molecule has 0 atom stereocenters. The van der Waals surface area contributed by atoms with Crippen molar-refractivity contribution in [1.82, 2.24) is 4.98 Å². The summed E-state index contributed by atoms with van der Waals surface area (Å²) in [4.78, 5) is 4.48. The molecule has 0 saturated heterocycles. The van der Waals surface area contributed by atoms with Gasteiger partial charge in [-0.3, -0.25) is 4.98 Å². The van der Waals surface area contributed by atoms with Crippen molar-refractivity contribution in [3.05, 3.63) is 29.1 Å². The van der Waals surface area contributed by atoms with Gasteiger partial charge in [0.25, 0.3) is 0 Å². The molecule has 1 aliphatic heterocycles. The van der Waals surface area contributed by atoms with Gasteiger partial charge in [-0.25, -0.2) is 0 Å². The molecule has 0 spiro atoms. The molecule has 0 aromatic carbocycles. The van der Waals surface area contributed by atoms with Crippen LogP contribution in [0.4, 0.5) is 0 Å². The van der Waals surface area contributed by atoms with Gasteiger partial charge in [-0.2, -0.15) is 11.8 Å². The summed E-state index contributed by atoms with van der Waals surface area (Å²) < 4.78 is 0. The van der Waals surface area contributed by atoms with Crippen LogP contribution in [0.2, 0.25) is 0 Å². The van der Waals surface area contributed by atoms with Gasteiger partial charge < -0.3 is 0 Å². The number of fused-ring (bicyclic) bond motifs is 1. The second kappa shape index (κ2) is 3.70. The molecule has 0 N–H and O–H groups in total. The summed E-state index contributed by atoms with van der Waals surface area (Å²) in [6.45, 7) is 4.40. The van der Waals surface area contributed by atoms with Crippen LogP contribution in [0.5, 0.6) is 0 Å². The second-order valence-electron chi connectivity index (χ2n) is 3.84. The Balaban J connectivity index is 2.35. The first-order valence-electron chi connectivity index (χ1n) is 4.83. The van der Waals surface area contributed by atoms with Gasteiger partial charge in [-0.15, -0.1) is 0 Å². The summed E-state index contributed by atoms with van der Waals surface area (Å²) in [5.74, 6) is 2.98. The number of thioether (sulfide) groups is 1. The van der Waals surface area contributed by atoms with Crippen molar-refractivity contribution in [3.8, 4) is 0 Å². The minimum Gasteiger partial charge on any atom is -0.261 e. The molecular weight excluding hydrogens is 178 g/mol. The third-order valence-electron chi connectivity index (χ3n) is 2.47. The van der Waals surface area contributed by atoms with E-state index in [9.17, 15) is 0 Å². The second-order valence-corrected chi connectivity index (χ2v) is 4.94. The average Bonchev–Trinajstić information content (AvgIpc) is 2.17. The SMILES string of the molecule is CC(C)c1cc2c(cn1)CSCC2. The van der Waals surface area contributed by atoms with Crippen molar-refractivity contribution in [1.29, 1.82) is 0 Å². The minimum atomic E-state index is 0.555. The van der Waals surface area contributed by atoms with Gasteiger partial charge in [0, 0.05) is 17.6 Å². The molecule has 1 aromatic rings. The normalized spacial score (nSPS) is 15.9. The molecular formula is C11H15NS. The molecule has 1 nitrogen and oxygen atoms in total. The van der Waals surface area contributed by atoms with E-state index in [1.807, 2.05) is 11.8 Å². The highest BCUT2D eigenvalue weighted by Gasteiger charge is 2.11. The Bertz CT molecular complexity index is 307. The van der Waals surface area contributed by atoms with E-state index in [4.69, 9.17) is 0 Å². The molecule has 0 saturated carbocycles. The van der Waals surface area contributed by atoms with Crippen LogP contribution in [0.15, 0.2) is 12.3 Å². The van der Waals surface area contributed by atoms with Crippen LogP contribution < -0.4 is 0 Å². The first-order chi connectivity index (χ1) is 6.27. The van der Waals surface area contributed by atoms with Gasteiger partial charge in [-0.05, 0) is 35.3 Å². The quantitative estimate of drug-likeness (QED) is 0.680. The van der Waals surface area contributed by atoms with Crippen LogP contribution in [-0.4, -0.2) is 10.7 Å². The molecule has 0 amide bonds. The van der Waals surface area contributed by atoms with E-state index in [1.54, 1.807) is 0 Å². The molecule has 1 aliphatic rings. The molecule has 1 aromatic heterocycles. The van der Waals surface area contributed by atoms with Crippen molar-refractivity contribution in [3.63, 3.8) is 0 Å². The molecule has 0 radical (unpaired) electrons. The number of rotatable bonds is 1. The number of aromatic nitrogens is 1. The lowest BCUT2D eigenvalue weighted by atomic mass is 10.0. The van der Waals surface area contributed by atoms with Crippen LogP contribution in [-0.2, 0) is 12.2 Å². The highest BCUT2D eigenvalue weighted by molar-refractivity contribution is 7.98. The Morgan fingerprint density at radius 3 is 3.00 bits per heavy atom. The maximum Gasteiger partial charge on any atom is 0.0431 e. The Hall–Kier alpha value is -0.500. The lowest BCUT2D eigenvalue weighted by Gasteiger charge is -2.16. The van der Waals surface area contributed by atoms with E-state index < -0.39 is 0 Å². The molecule has 13 heavy (non-hydrogen) atoms. The van der Waals surface area contributed by atoms with Gasteiger partial charge in [0.1, 0.15) is 0 Å². The molecule has 2 heteroatoms. The fourth-order valence-electron chi connectivity index (χ4n) is 1.59. The molecule has 2 heterocycles. The third kappa shape index (κ3) is 1.88. The van der Waals surface area contributed by atoms with Crippen molar-refractivity contribution in [2.75, 3.05) is 5.75 Å². The van der Waals surface area contributed by atoms with E-state index in [0.717, 1.165) is 5.75 Å². The minimum absolute atomic E-state index is 0.555. The first kappa shape index (κ1) is 9.07. The molecule has 70 valence electrons. The Kier molecular flexibility index (Phi) is 2.58. The maximum absolute atomic E-state index is 4.48. The number of nitrogens with zero attached hydrogens (tertiary/aromatic N) is 1. The summed E-state index contributed by atoms with van der Waals surface area (Å²) >= 11 is 2.01. The third-order valence-corrected chi connectivity index (χ3v) is 3.48. The van der Waals surface area contributed by atoms with Crippen LogP contribution in [0.1, 0.15) is 36.6 Å². The summed E-state index contributed by atoms with van der Waals surface area (Å²) in [5, 5.41) is 0. The summed E-state index contributed by atoms with van der Waals surface area (Å²) in [5.41, 5.74) is 4.21. The summed E-state index contributed by atoms with van der Waals surface area (Å²) in [6.07, 6.45) is 3.29. The Labute approximate surface area is 84.0 Å². The lowest BCUT2D eigenvalue weighted by Crippen LogP contribution is -2.05. The maximum atomic E-state index is 4.48. The zero-order chi connectivity index (χ0) is 9.26. The van der Waals surface area contributed by atoms with E-state index in [0.29, 0.717) is 5.92 Å². The predicted octanol–water partition coefficient (Wildman–Crippen LogP) is 2.99. The van der Waals surface area contributed by atoms with Gasteiger partial charge in [0.05, 0.1) is 0 Å². The van der Waals surface area contributed by atoms with E-state index in [2.05, 4.69) is 31.1 Å². The molecule has 0 bridgehead atoms. The monoisotopic (exact) mass is 193 g/mol.